The minimum absolute atomic E-state index is 0.375. The van der Waals surface area contributed by atoms with Crippen LogP contribution in [-0.4, -0.2) is 27.1 Å². The molecule has 1 aromatic heterocycles. The van der Waals surface area contributed by atoms with Gasteiger partial charge < -0.3 is 10.4 Å². The monoisotopic (exact) mass is 333 g/mol. The van der Waals surface area contributed by atoms with E-state index in [0.29, 0.717) is 12.2 Å². The van der Waals surface area contributed by atoms with Crippen LogP contribution >= 0.6 is 0 Å². The number of carboxylic acids is 1. The Balaban J connectivity index is 1.79. The summed E-state index contributed by atoms with van der Waals surface area (Å²) >= 11 is 0. The molecule has 0 saturated carbocycles. The Labute approximate surface area is 146 Å². The standard InChI is InChI=1S/C20H19N3O2/c1-14-7-9-16(10-8-14)17-12-19(22-13-21-17)23-18(20(24)25)11-15-5-3-2-4-6-15/h2-10,12-13,18H,11H2,1H3,(H,24,25)(H,21,22,23). The van der Waals surface area contributed by atoms with Gasteiger partial charge in [0.2, 0.25) is 0 Å². The zero-order chi connectivity index (χ0) is 17.6. The lowest BCUT2D eigenvalue weighted by atomic mass is 10.1. The van der Waals surface area contributed by atoms with Gasteiger partial charge in [0, 0.05) is 18.1 Å². The number of aryl methyl sites for hydroxylation is 1. The predicted molar refractivity (Wildman–Crippen MR) is 97.4 cm³/mol. The first-order valence-electron chi connectivity index (χ1n) is 8.04. The molecule has 0 saturated heterocycles. The predicted octanol–water partition coefficient (Wildman–Crippen LogP) is 3.56. The Hall–Kier alpha value is -3.21. The molecule has 3 aromatic rings. The number of hydrogen-bond acceptors (Lipinski definition) is 4. The van der Waals surface area contributed by atoms with Gasteiger partial charge in [0.15, 0.2) is 0 Å². The van der Waals surface area contributed by atoms with Crippen LogP contribution in [-0.2, 0) is 11.2 Å². The smallest absolute Gasteiger partial charge is 0.326 e. The molecule has 0 aliphatic carbocycles. The molecule has 5 nitrogen and oxygen atoms in total. The van der Waals surface area contributed by atoms with Crippen molar-refractivity contribution in [2.45, 2.75) is 19.4 Å². The lowest BCUT2D eigenvalue weighted by Gasteiger charge is -2.15. The molecule has 5 heteroatoms. The summed E-state index contributed by atoms with van der Waals surface area (Å²) < 4.78 is 0. The zero-order valence-corrected chi connectivity index (χ0v) is 13.9. The molecule has 2 N–H and O–H groups in total. The van der Waals surface area contributed by atoms with E-state index in [1.54, 1.807) is 6.07 Å². The molecule has 25 heavy (non-hydrogen) atoms. The minimum atomic E-state index is -0.917. The maximum atomic E-state index is 11.6. The molecular weight excluding hydrogens is 314 g/mol. The van der Waals surface area contributed by atoms with E-state index in [0.717, 1.165) is 16.8 Å². The van der Waals surface area contributed by atoms with Crippen LogP contribution in [0.2, 0.25) is 0 Å². The molecule has 0 aliphatic heterocycles. The van der Waals surface area contributed by atoms with Crippen LogP contribution in [0.1, 0.15) is 11.1 Å². The number of benzene rings is 2. The third kappa shape index (κ3) is 4.41. The molecule has 0 aliphatic rings. The normalized spacial score (nSPS) is 11.7. The second kappa shape index (κ2) is 7.57. The van der Waals surface area contributed by atoms with Gasteiger partial charge in [0.05, 0.1) is 5.69 Å². The van der Waals surface area contributed by atoms with Crippen molar-refractivity contribution < 1.29 is 9.90 Å². The van der Waals surface area contributed by atoms with Crippen molar-refractivity contribution in [3.05, 3.63) is 78.1 Å². The van der Waals surface area contributed by atoms with Gasteiger partial charge in [-0.1, -0.05) is 60.2 Å². The molecule has 3 rings (SSSR count). The largest absolute Gasteiger partial charge is 0.480 e. The van der Waals surface area contributed by atoms with Gasteiger partial charge in [-0.2, -0.15) is 0 Å². The third-order valence-corrected chi connectivity index (χ3v) is 3.92. The number of anilines is 1. The zero-order valence-electron chi connectivity index (χ0n) is 13.9. The number of rotatable bonds is 6. The fourth-order valence-corrected chi connectivity index (χ4v) is 2.55. The van der Waals surface area contributed by atoms with E-state index in [4.69, 9.17) is 0 Å². The van der Waals surface area contributed by atoms with E-state index in [-0.39, 0.29) is 0 Å². The number of carbonyl (C=O) groups is 1. The van der Waals surface area contributed by atoms with E-state index in [1.165, 1.54) is 11.9 Å². The number of carboxylic acid groups (broad SMARTS) is 1. The lowest BCUT2D eigenvalue weighted by molar-refractivity contribution is -0.137. The molecule has 1 atom stereocenters. The maximum Gasteiger partial charge on any atom is 0.326 e. The van der Waals surface area contributed by atoms with Crippen molar-refractivity contribution in [2.75, 3.05) is 5.32 Å². The topological polar surface area (TPSA) is 75.1 Å². The second-order valence-corrected chi connectivity index (χ2v) is 5.88. The number of aliphatic carboxylic acids is 1. The molecule has 0 amide bonds. The average molecular weight is 333 g/mol. The number of nitrogens with one attached hydrogen (secondary N) is 1. The maximum absolute atomic E-state index is 11.6. The first kappa shape index (κ1) is 16.6. The van der Waals surface area contributed by atoms with Crippen LogP contribution in [0.5, 0.6) is 0 Å². The number of nitrogens with zero attached hydrogens (tertiary/aromatic N) is 2. The van der Waals surface area contributed by atoms with Gasteiger partial charge in [-0.25, -0.2) is 14.8 Å². The summed E-state index contributed by atoms with van der Waals surface area (Å²) in [5, 5.41) is 12.5. The number of aromatic nitrogens is 2. The van der Waals surface area contributed by atoms with Crippen molar-refractivity contribution in [3.63, 3.8) is 0 Å². The van der Waals surface area contributed by atoms with Crippen LogP contribution in [0, 0.1) is 6.92 Å². The van der Waals surface area contributed by atoms with E-state index in [2.05, 4.69) is 15.3 Å². The first-order valence-corrected chi connectivity index (χ1v) is 8.04. The summed E-state index contributed by atoms with van der Waals surface area (Å²) in [5.41, 5.74) is 3.84. The fourth-order valence-electron chi connectivity index (χ4n) is 2.55. The molecular formula is C20H19N3O2. The van der Waals surface area contributed by atoms with Crippen molar-refractivity contribution in [3.8, 4) is 11.3 Å². The molecule has 1 unspecified atom stereocenters. The van der Waals surface area contributed by atoms with Gasteiger partial charge >= 0.3 is 5.97 Å². The van der Waals surface area contributed by atoms with Crippen molar-refractivity contribution in [2.24, 2.45) is 0 Å². The van der Waals surface area contributed by atoms with Crippen LogP contribution < -0.4 is 5.32 Å². The Kier molecular flexibility index (Phi) is 5.04. The lowest BCUT2D eigenvalue weighted by Crippen LogP contribution is -2.31. The second-order valence-electron chi connectivity index (χ2n) is 5.88. The Morgan fingerprint density at radius 1 is 1.08 bits per heavy atom. The highest BCUT2D eigenvalue weighted by Gasteiger charge is 2.18. The van der Waals surface area contributed by atoms with Crippen LogP contribution in [0.25, 0.3) is 11.3 Å². The SMILES string of the molecule is Cc1ccc(-c2cc(NC(Cc3ccccc3)C(=O)O)ncn2)cc1. The van der Waals surface area contributed by atoms with Crippen molar-refractivity contribution in [1.82, 2.24) is 9.97 Å². The molecule has 0 bridgehead atoms. The Bertz CT molecular complexity index is 848. The first-order chi connectivity index (χ1) is 12.1. The summed E-state index contributed by atoms with van der Waals surface area (Å²) in [4.78, 5) is 20.0. The fraction of sp³-hybridized carbons (Fsp3) is 0.150. The summed E-state index contributed by atoms with van der Waals surface area (Å²) in [6.45, 7) is 2.03. The van der Waals surface area contributed by atoms with Crippen LogP contribution in [0.4, 0.5) is 5.82 Å². The molecule has 0 radical (unpaired) electrons. The number of hydrogen-bond donors (Lipinski definition) is 2. The quantitative estimate of drug-likeness (QED) is 0.721. The Morgan fingerprint density at radius 3 is 2.48 bits per heavy atom. The minimum Gasteiger partial charge on any atom is -0.480 e. The van der Waals surface area contributed by atoms with E-state index in [9.17, 15) is 9.90 Å². The van der Waals surface area contributed by atoms with Crippen LogP contribution in [0.15, 0.2) is 67.0 Å². The highest BCUT2D eigenvalue weighted by Crippen LogP contribution is 2.20. The van der Waals surface area contributed by atoms with Gasteiger partial charge in [-0.05, 0) is 12.5 Å². The summed E-state index contributed by atoms with van der Waals surface area (Å²) in [6, 6.07) is 18.5. The van der Waals surface area contributed by atoms with Crippen molar-refractivity contribution in [1.29, 1.82) is 0 Å². The highest BCUT2D eigenvalue weighted by molar-refractivity contribution is 5.77. The third-order valence-electron chi connectivity index (χ3n) is 3.92. The van der Waals surface area contributed by atoms with Crippen molar-refractivity contribution >= 4 is 11.8 Å². The van der Waals surface area contributed by atoms with E-state index in [1.807, 2.05) is 61.5 Å². The van der Waals surface area contributed by atoms with E-state index < -0.39 is 12.0 Å². The van der Waals surface area contributed by atoms with Gasteiger partial charge in [0.1, 0.15) is 18.2 Å². The summed E-state index contributed by atoms with van der Waals surface area (Å²) in [5.74, 6) is -0.423. The average Bonchev–Trinajstić information content (AvgIpc) is 2.63. The van der Waals surface area contributed by atoms with Crippen LogP contribution in [0.3, 0.4) is 0 Å². The highest BCUT2D eigenvalue weighted by atomic mass is 16.4. The molecule has 2 aromatic carbocycles. The summed E-state index contributed by atoms with van der Waals surface area (Å²) in [7, 11) is 0. The Morgan fingerprint density at radius 2 is 1.80 bits per heavy atom. The van der Waals surface area contributed by atoms with Gasteiger partial charge in [-0.3, -0.25) is 0 Å². The molecule has 126 valence electrons. The molecule has 1 heterocycles. The molecule has 0 fully saturated rings. The van der Waals surface area contributed by atoms with Gasteiger partial charge in [-0.15, -0.1) is 0 Å². The summed E-state index contributed by atoms with van der Waals surface area (Å²) in [6.07, 6.45) is 1.82. The van der Waals surface area contributed by atoms with Gasteiger partial charge in [0.25, 0.3) is 0 Å². The molecule has 0 spiro atoms. The van der Waals surface area contributed by atoms with E-state index >= 15 is 0 Å².